The van der Waals surface area contributed by atoms with Gasteiger partial charge >= 0.3 is 0 Å². The fourth-order valence-corrected chi connectivity index (χ4v) is 5.25. The molecule has 0 aliphatic rings. The van der Waals surface area contributed by atoms with Gasteiger partial charge in [0.05, 0.1) is 4.75 Å². The van der Waals surface area contributed by atoms with Crippen molar-refractivity contribution in [3.63, 3.8) is 0 Å². The van der Waals surface area contributed by atoms with Crippen molar-refractivity contribution in [3.05, 3.63) is 0 Å². The SMILES string of the molecule is CCCCCCCCCCC(CC)(CCCCCCCCCC)S(=O)(=O)O. The number of unbranched alkanes of at least 4 members (excludes halogenated alkanes) is 14. The molecule has 0 rings (SSSR count). The lowest BCUT2D eigenvalue weighted by atomic mass is 9.91. The third kappa shape index (κ3) is 12.9. The standard InChI is InChI=1S/C23H48O3S/c1-4-7-9-11-13-15-17-19-21-23(6-3,27(24,25)26)22-20-18-16-14-12-10-8-5-2/h4-22H2,1-3H3,(H,24,25,26). The molecule has 0 amide bonds. The Hall–Kier alpha value is -0.0900. The van der Waals surface area contributed by atoms with Crippen molar-refractivity contribution in [1.82, 2.24) is 0 Å². The van der Waals surface area contributed by atoms with E-state index in [4.69, 9.17) is 0 Å². The first kappa shape index (κ1) is 26.9. The van der Waals surface area contributed by atoms with Gasteiger partial charge in [-0.15, -0.1) is 0 Å². The summed E-state index contributed by atoms with van der Waals surface area (Å²) in [7, 11) is -3.99. The first-order chi connectivity index (χ1) is 12.9. The lowest BCUT2D eigenvalue weighted by Gasteiger charge is -2.29. The summed E-state index contributed by atoms with van der Waals surface area (Å²) in [5.74, 6) is 0. The van der Waals surface area contributed by atoms with Gasteiger partial charge in [0, 0.05) is 0 Å². The predicted molar refractivity (Wildman–Crippen MR) is 119 cm³/mol. The molecule has 0 fully saturated rings. The molecule has 4 heteroatoms. The molecule has 0 spiro atoms. The largest absolute Gasteiger partial charge is 0.285 e. The first-order valence-electron chi connectivity index (χ1n) is 11.9. The molecule has 1 N–H and O–H groups in total. The Balaban J connectivity index is 4.14. The molecular weight excluding hydrogens is 356 g/mol. The molecule has 0 unspecified atom stereocenters. The van der Waals surface area contributed by atoms with E-state index in [1.54, 1.807) is 0 Å². The van der Waals surface area contributed by atoms with E-state index in [0.29, 0.717) is 19.3 Å². The predicted octanol–water partition coefficient (Wildman–Crippen LogP) is 8.08. The summed E-state index contributed by atoms with van der Waals surface area (Å²) in [6.45, 7) is 6.38. The molecule has 0 saturated carbocycles. The highest BCUT2D eigenvalue weighted by Crippen LogP contribution is 2.34. The van der Waals surface area contributed by atoms with Gasteiger partial charge < -0.3 is 0 Å². The summed E-state index contributed by atoms with van der Waals surface area (Å²) in [4.78, 5) is 0. The second kappa shape index (κ2) is 16.8. The minimum absolute atomic E-state index is 0.527. The van der Waals surface area contributed by atoms with Gasteiger partial charge in [-0.05, 0) is 19.3 Å². The van der Waals surface area contributed by atoms with Gasteiger partial charge in [0.2, 0.25) is 0 Å². The van der Waals surface area contributed by atoms with Crippen LogP contribution in [0.3, 0.4) is 0 Å². The van der Waals surface area contributed by atoms with Gasteiger partial charge in [0.15, 0.2) is 0 Å². The Kier molecular flexibility index (Phi) is 16.8. The summed E-state index contributed by atoms with van der Waals surface area (Å²) in [6, 6.07) is 0. The third-order valence-corrected chi connectivity index (χ3v) is 7.95. The van der Waals surface area contributed by atoms with Crippen LogP contribution in [0.1, 0.15) is 143 Å². The van der Waals surface area contributed by atoms with Crippen molar-refractivity contribution < 1.29 is 13.0 Å². The summed E-state index contributed by atoms with van der Waals surface area (Å²) < 4.78 is 33.2. The monoisotopic (exact) mass is 404 g/mol. The molecule has 3 nitrogen and oxygen atoms in total. The van der Waals surface area contributed by atoms with Crippen molar-refractivity contribution in [1.29, 1.82) is 0 Å². The van der Waals surface area contributed by atoms with Crippen LogP contribution in [0.5, 0.6) is 0 Å². The van der Waals surface area contributed by atoms with Crippen LogP contribution in [-0.2, 0) is 10.1 Å². The van der Waals surface area contributed by atoms with Crippen LogP contribution in [0.4, 0.5) is 0 Å². The molecule has 0 aromatic carbocycles. The first-order valence-corrected chi connectivity index (χ1v) is 13.3. The molecule has 0 saturated heterocycles. The number of hydrogen-bond donors (Lipinski definition) is 1. The minimum atomic E-state index is -3.99. The van der Waals surface area contributed by atoms with Gasteiger partial charge in [-0.25, -0.2) is 0 Å². The molecule has 0 bridgehead atoms. The zero-order valence-electron chi connectivity index (χ0n) is 18.6. The lowest BCUT2D eigenvalue weighted by molar-refractivity contribution is 0.360. The molecule has 0 aromatic heterocycles. The summed E-state index contributed by atoms with van der Waals surface area (Å²) in [6.07, 6.45) is 21.0. The molecule has 0 heterocycles. The fraction of sp³-hybridized carbons (Fsp3) is 1.00. The van der Waals surface area contributed by atoms with Crippen molar-refractivity contribution in [3.8, 4) is 0 Å². The van der Waals surface area contributed by atoms with Crippen LogP contribution < -0.4 is 0 Å². The van der Waals surface area contributed by atoms with E-state index in [-0.39, 0.29) is 0 Å². The highest BCUT2D eigenvalue weighted by molar-refractivity contribution is 7.87. The Morgan fingerprint density at radius 2 is 0.852 bits per heavy atom. The molecule has 0 aliphatic carbocycles. The minimum Gasteiger partial charge on any atom is -0.285 e. The van der Waals surface area contributed by atoms with Crippen molar-refractivity contribution in [2.24, 2.45) is 0 Å². The molecule has 0 aliphatic heterocycles. The zero-order chi connectivity index (χ0) is 20.4. The van der Waals surface area contributed by atoms with E-state index in [2.05, 4.69) is 13.8 Å². The van der Waals surface area contributed by atoms with Crippen LogP contribution in [0.25, 0.3) is 0 Å². The van der Waals surface area contributed by atoms with Crippen LogP contribution in [0, 0.1) is 0 Å². The van der Waals surface area contributed by atoms with Gasteiger partial charge in [-0.1, -0.05) is 124 Å². The van der Waals surface area contributed by atoms with Crippen molar-refractivity contribution >= 4 is 10.1 Å². The van der Waals surface area contributed by atoms with E-state index in [1.165, 1.54) is 77.0 Å². The van der Waals surface area contributed by atoms with Gasteiger partial charge in [-0.2, -0.15) is 8.42 Å². The lowest BCUT2D eigenvalue weighted by Crippen LogP contribution is -2.37. The molecule has 164 valence electrons. The van der Waals surface area contributed by atoms with E-state index >= 15 is 0 Å². The Bertz CT molecular complexity index is 397. The normalized spacial score (nSPS) is 12.6. The molecule has 0 aromatic rings. The maximum absolute atomic E-state index is 12.1. The van der Waals surface area contributed by atoms with Crippen LogP contribution in [0.15, 0.2) is 0 Å². The smallest absolute Gasteiger partial charge is 0.270 e. The van der Waals surface area contributed by atoms with Gasteiger partial charge in [-0.3, -0.25) is 4.55 Å². The molecule has 27 heavy (non-hydrogen) atoms. The molecule has 0 atom stereocenters. The summed E-state index contributed by atoms with van der Waals surface area (Å²) in [5.41, 5.74) is 0. The Labute approximate surface area is 170 Å². The van der Waals surface area contributed by atoms with E-state index in [1.807, 2.05) is 6.92 Å². The maximum atomic E-state index is 12.1. The van der Waals surface area contributed by atoms with Gasteiger partial charge in [0.25, 0.3) is 10.1 Å². The number of hydrogen-bond acceptors (Lipinski definition) is 2. The highest BCUT2D eigenvalue weighted by atomic mass is 32.2. The number of rotatable bonds is 20. The van der Waals surface area contributed by atoms with Crippen LogP contribution in [-0.4, -0.2) is 17.7 Å². The zero-order valence-corrected chi connectivity index (χ0v) is 19.4. The second-order valence-corrected chi connectivity index (χ2v) is 10.3. The summed E-state index contributed by atoms with van der Waals surface area (Å²) >= 11 is 0. The molecule has 0 radical (unpaired) electrons. The van der Waals surface area contributed by atoms with E-state index in [9.17, 15) is 13.0 Å². The van der Waals surface area contributed by atoms with Crippen LogP contribution >= 0.6 is 0 Å². The topological polar surface area (TPSA) is 54.4 Å². The van der Waals surface area contributed by atoms with Crippen LogP contribution in [0.2, 0.25) is 0 Å². The van der Waals surface area contributed by atoms with Crippen molar-refractivity contribution in [2.75, 3.05) is 0 Å². The fourth-order valence-electron chi connectivity index (χ4n) is 4.08. The molecular formula is C23H48O3S. The maximum Gasteiger partial charge on any atom is 0.270 e. The Morgan fingerprint density at radius 1 is 0.556 bits per heavy atom. The average Bonchev–Trinajstić information content (AvgIpc) is 2.63. The highest BCUT2D eigenvalue weighted by Gasteiger charge is 2.39. The second-order valence-electron chi connectivity index (χ2n) is 8.46. The van der Waals surface area contributed by atoms with Gasteiger partial charge in [0.1, 0.15) is 0 Å². The van der Waals surface area contributed by atoms with Crippen molar-refractivity contribution in [2.45, 2.75) is 148 Å². The average molecular weight is 405 g/mol. The Morgan fingerprint density at radius 3 is 1.11 bits per heavy atom. The van der Waals surface area contributed by atoms with E-state index < -0.39 is 14.9 Å². The quantitative estimate of drug-likeness (QED) is 0.165. The van der Waals surface area contributed by atoms with E-state index in [0.717, 1.165) is 25.7 Å². The summed E-state index contributed by atoms with van der Waals surface area (Å²) in [5, 5.41) is 0. The third-order valence-electron chi connectivity index (χ3n) is 6.16.